The molecule has 0 fully saturated rings. The SMILES string of the molecule is CCC(C)N(Cc1cccn1C)CC(O)COc1ccc(OC)cc1. The molecule has 25 heavy (non-hydrogen) atoms. The van der Waals surface area contributed by atoms with Gasteiger partial charge in [0.1, 0.15) is 24.2 Å². The van der Waals surface area contributed by atoms with Crippen molar-refractivity contribution in [2.24, 2.45) is 7.05 Å². The summed E-state index contributed by atoms with van der Waals surface area (Å²) in [7, 11) is 3.68. The van der Waals surface area contributed by atoms with Gasteiger partial charge in [0, 0.05) is 38.1 Å². The van der Waals surface area contributed by atoms with Gasteiger partial charge < -0.3 is 19.1 Å². The first-order valence-electron chi connectivity index (χ1n) is 8.82. The fraction of sp³-hybridized carbons (Fsp3) is 0.500. The number of benzene rings is 1. The first kappa shape index (κ1) is 19.3. The average Bonchev–Trinajstić information content (AvgIpc) is 3.03. The zero-order valence-corrected chi connectivity index (χ0v) is 15.7. The summed E-state index contributed by atoms with van der Waals surface area (Å²) < 4.78 is 13.0. The van der Waals surface area contributed by atoms with Gasteiger partial charge in [-0.3, -0.25) is 4.90 Å². The number of aryl methyl sites for hydroxylation is 1. The molecule has 0 spiro atoms. The Hall–Kier alpha value is -1.98. The second-order valence-corrected chi connectivity index (χ2v) is 6.44. The van der Waals surface area contributed by atoms with Crippen LogP contribution < -0.4 is 9.47 Å². The average molecular weight is 346 g/mol. The minimum atomic E-state index is -0.545. The van der Waals surface area contributed by atoms with Gasteiger partial charge in [0.25, 0.3) is 0 Å². The van der Waals surface area contributed by atoms with Crippen molar-refractivity contribution in [3.8, 4) is 11.5 Å². The van der Waals surface area contributed by atoms with Crippen molar-refractivity contribution in [1.29, 1.82) is 0 Å². The third-order valence-electron chi connectivity index (χ3n) is 4.58. The summed E-state index contributed by atoms with van der Waals surface area (Å²) >= 11 is 0. The molecule has 1 N–H and O–H groups in total. The van der Waals surface area contributed by atoms with Crippen molar-refractivity contribution in [3.63, 3.8) is 0 Å². The summed E-state index contributed by atoms with van der Waals surface area (Å²) in [5, 5.41) is 10.4. The molecule has 0 aliphatic heterocycles. The molecular weight excluding hydrogens is 316 g/mol. The molecule has 5 heteroatoms. The molecule has 2 atom stereocenters. The van der Waals surface area contributed by atoms with Crippen LogP contribution in [0, 0.1) is 0 Å². The highest BCUT2D eigenvalue weighted by molar-refractivity contribution is 5.31. The zero-order chi connectivity index (χ0) is 18.2. The molecule has 0 saturated heterocycles. The standard InChI is InChI=1S/C20H30N2O3/c1-5-16(2)22(13-17-7-6-12-21(17)3)14-18(23)15-25-20-10-8-19(24-4)9-11-20/h6-12,16,18,23H,5,13-15H2,1-4H3. The molecular formula is C20H30N2O3. The summed E-state index contributed by atoms with van der Waals surface area (Å²) in [5.41, 5.74) is 1.24. The Morgan fingerprint density at radius 1 is 1.16 bits per heavy atom. The minimum Gasteiger partial charge on any atom is -0.497 e. The number of aliphatic hydroxyl groups excluding tert-OH is 1. The van der Waals surface area contributed by atoms with Crippen LogP contribution in [0.5, 0.6) is 11.5 Å². The maximum absolute atomic E-state index is 10.4. The van der Waals surface area contributed by atoms with Crippen LogP contribution in [0.25, 0.3) is 0 Å². The molecule has 5 nitrogen and oxygen atoms in total. The smallest absolute Gasteiger partial charge is 0.119 e. The number of ether oxygens (including phenoxy) is 2. The van der Waals surface area contributed by atoms with Crippen LogP contribution in [-0.4, -0.2) is 47.0 Å². The molecule has 138 valence electrons. The van der Waals surface area contributed by atoms with Crippen LogP contribution in [0.3, 0.4) is 0 Å². The van der Waals surface area contributed by atoms with E-state index in [0.29, 0.717) is 12.6 Å². The third-order valence-corrected chi connectivity index (χ3v) is 4.58. The number of aliphatic hydroxyl groups is 1. The van der Waals surface area contributed by atoms with Crippen molar-refractivity contribution >= 4 is 0 Å². The summed E-state index contributed by atoms with van der Waals surface area (Å²) in [4.78, 5) is 2.30. The summed E-state index contributed by atoms with van der Waals surface area (Å²) in [6.45, 7) is 6.03. The van der Waals surface area contributed by atoms with E-state index in [1.54, 1.807) is 7.11 Å². The number of hydrogen-bond acceptors (Lipinski definition) is 4. The molecule has 2 aromatic rings. The quantitative estimate of drug-likeness (QED) is 0.718. The van der Waals surface area contributed by atoms with Crippen molar-refractivity contribution in [2.45, 2.75) is 39.0 Å². The van der Waals surface area contributed by atoms with Gasteiger partial charge in [-0.05, 0) is 49.7 Å². The molecule has 0 bridgehead atoms. The highest BCUT2D eigenvalue weighted by Gasteiger charge is 2.18. The van der Waals surface area contributed by atoms with E-state index in [0.717, 1.165) is 24.5 Å². The van der Waals surface area contributed by atoms with E-state index < -0.39 is 6.10 Å². The molecule has 0 amide bonds. The summed E-state index contributed by atoms with van der Waals surface area (Å²) in [5.74, 6) is 1.52. The fourth-order valence-corrected chi connectivity index (χ4v) is 2.72. The van der Waals surface area contributed by atoms with Crippen molar-refractivity contribution in [1.82, 2.24) is 9.47 Å². The van der Waals surface area contributed by atoms with Crippen molar-refractivity contribution in [2.75, 3.05) is 20.3 Å². The van der Waals surface area contributed by atoms with Crippen LogP contribution in [0.15, 0.2) is 42.6 Å². The fourth-order valence-electron chi connectivity index (χ4n) is 2.72. The van der Waals surface area contributed by atoms with Gasteiger partial charge >= 0.3 is 0 Å². The van der Waals surface area contributed by atoms with Gasteiger partial charge in [-0.2, -0.15) is 0 Å². The van der Waals surface area contributed by atoms with E-state index in [2.05, 4.69) is 29.4 Å². The Morgan fingerprint density at radius 3 is 2.40 bits per heavy atom. The van der Waals surface area contributed by atoms with Gasteiger partial charge in [0.15, 0.2) is 0 Å². The monoisotopic (exact) mass is 346 g/mol. The Balaban J connectivity index is 1.89. The predicted octanol–water partition coefficient (Wildman–Crippen LogP) is 3.07. The Bertz CT molecular complexity index is 624. The molecule has 1 heterocycles. The number of nitrogens with zero attached hydrogens (tertiary/aromatic N) is 2. The van der Waals surface area contributed by atoms with Crippen molar-refractivity contribution in [3.05, 3.63) is 48.3 Å². The van der Waals surface area contributed by atoms with E-state index in [4.69, 9.17) is 9.47 Å². The lowest BCUT2D eigenvalue weighted by atomic mass is 10.2. The zero-order valence-electron chi connectivity index (χ0n) is 15.7. The van der Waals surface area contributed by atoms with Gasteiger partial charge in [-0.25, -0.2) is 0 Å². The van der Waals surface area contributed by atoms with E-state index in [9.17, 15) is 5.11 Å². The second kappa shape index (κ2) is 9.49. The summed E-state index contributed by atoms with van der Waals surface area (Å²) in [6, 6.07) is 12.0. The predicted molar refractivity (Wildman–Crippen MR) is 100 cm³/mol. The lowest BCUT2D eigenvalue weighted by molar-refractivity contribution is 0.0497. The highest BCUT2D eigenvalue weighted by atomic mass is 16.5. The number of rotatable bonds is 10. The Kier molecular flexibility index (Phi) is 7.34. The van der Waals surface area contributed by atoms with Crippen LogP contribution in [0.2, 0.25) is 0 Å². The molecule has 0 aliphatic carbocycles. The van der Waals surface area contributed by atoms with Gasteiger partial charge in [0.2, 0.25) is 0 Å². The Morgan fingerprint density at radius 2 is 1.84 bits per heavy atom. The second-order valence-electron chi connectivity index (χ2n) is 6.44. The van der Waals surface area contributed by atoms with Crippen LogP contribution in [-0.2, 0) is 13.6 Å². The molecule has 1 aromatic heterocycles. The molecule has 0 radical (unpaired) electrons. The van der Waals surface area contributed by atoms with E-state index in [1.165, 1.54) is 5.69 Å². The summed E-state index contributed by atoms with van der Waals surface area (Å²) in [6.07, 6.45) is 2.54. The first-order chi connectivity index (χ1) is 12.0. The minimum absolute atomic E-state index is 0.270. The first-order valence-corrected chi connectivity index (χ1v) is 8.82. The van der Waals surface area contributed by atoms with E-state index in [-0.39, 0.29) is 6.61 Å². The van der Waals surface area contributed by atoms with E-state index >= 15 is 0 Å². The Labute approximate surface area is 150 Å². The maximum Gasteiger partial charge on any atom is 0.119 e. The van der Waals surface area contributed by atoms with Gasteiger partial charge in [0.05, 0.1) is 7.11 Å². The molecule has 0 saturated carbocycles. The van der Waals surface area contributed by atoms with Crippen LogP contribution >= 0.6 is 0 Å². The number of hydrogen-bond donors (Lipinski definition) is 1. The van der Waals surface area contributed by atoms with Crippen molar-refractivity contribution < 1.29 is 14.6 Å². The lowest BCUT2D eigenvalue weighted by Gasteiger charge is -2.30. The molecule has 1 aromatic carbocycles. The lowest BCUT2D eigenvalue weighted by Crippen LogP contribution is -2.40. The topological polar surface area (TPSA) is 46.9 Å². The largest absolute Gasteiger partial charge is 0.497 e. The highest BCUT2D eigenvalue weighted by Crippen LogP contribution is 2.17. The van der Waals surface area contributed by atoms with Gasteiger partial charge in [-0.15, -0.1) is 0 Å². The number of aromatic nitrogens is 1. The molecule has 2 unspecified atom stereocenters. The van der Waals surface area contributed by atoms with Gasteiger partial charge in [-0.1, -0.05) is 6.92 Å². The van der Waals surface area contributed by atoms with Crippen LogP contribution in [0.4, 0.5) is 0 Å². The normalized spacial score (nSPS) is 13.7. The molecule has 0 aliphatic rings. The third kappa shape index (κ3) is 5.80. The number of methoxy groups -OCH3 is 1. The van der Waals surface area contributed by atoms with Crippen LogP contribution in [0.1, 0.15) is 26.0 Å². The van der Waals surface area contributed by atoms with E-state index in [1.807, 2.05) is 43.6 Å². The maximum atomic E-state index is 10.4. The molecule has 2 rings (SSSR count).